The van der Waals surface area contributed by atoms with Gasteiger partial charge in [0, 0.05) is 93.5 Å². The first-order valence-corrected chi connectivity index (χ1v) is 37.7. The van der Waals surface area contributed by atoms with E-state index in [2.05, 4.69) is 26.9 Å². The summed E-state index contributed by atoms with van der Waals surface area (Å²) in [6.45, 7) is 10.8. The summed E-state index contributed by atoms with van der Waals surface area (Å²) in [4.78, 5) is 191. The summed E-state index contributed by atoms with van der Waals surface area (Å²) in [5.41, 5.74) is 4.55. The average molecular weight is 1470 g/mol. The molecule has 7 rings (SSSR count). The van der Waals surface area contributed by atoms with Gasteiger partial charge >= 0.3 is 6.18 Å². The normalized spacial score (nSPS) is 30.3. The van der Waals surface area contributed by atoms with Crippen LogP contribution in [-0.4, -0.2) is 287 Å². The maximum absolute atomic E-state index is 15.7. The van der Waals surface area contributed by atoms with Crippen molar-refractivity contribution in [3.8, 4) is 0 Å². The Morgan fingerprint density at radius 2 is 1.25 bits per heavy atom. The van der Waals surface area contributed by atoms with Crippen molar-refractivity contribution in [2.24, 2.45) is 35.5 Å². The molecular weight excluding hydrogens is 1350 g/mol. The van der Waals surface area contributed by atoms with Gasteiger partial charge in [0.15, 0.2) is 0 Å². The van der Waals surface area contributed by atoms with Gasteiger partial charge in [-0.3, -0.25) is 57.5 Å². The number of piperidine rings is 1. The van der Waals surface area contributed by atoms with Crippen LogP contribution < -0.4 is 26.9 Å². The van der Waals surface area contributed by atoms with Crippen molar-refractivity contribution in [3.05, 3.63) is 0 Å². The van der Waals surface area contributed by atoms with Gasteiger partial charge in [-0.2, -0.15) is 18.7 Å². The largest absolute Gasteiger partial charge is 0.393 e. The van der Waals surface area contributed by atoms with E-state index in [9.17, 15) is 46.7 Å². The average Bonchev–Trinajstić information content (AvgIpc) is 1.44. The van der Waals surface area contributed by atoms with Gasteiger partial charge < -0.3 is 60.0 Å². The van der Waals surface area contributed by atoms with E-state index in [0.29, 0.717) is 58.3 Å². The molecule has 1 spiro atoms. The van der Waals surface area contributed by atoms with Gasteiger partial charge in [-0.05, 0) is 113 Å². The summed E-state index contributed by atoms with van der Waals surface area (Å²) in [7, 11) is 9.91. The molecule has 3 saturated carbocycles. The molecule has 102 heavy (non-hydrogen) atoms. The van der Waals surface area contributed by atoms with Crippen LogP contribution in [0.3, 0.4) is 0 Å². The van der Waals surface area contributed by atoms with E-state index in [-0.39, 0.29) is 88.5 Å². The molecule has 0 aromatic heterocycles. The monoisotopic (exact) mass is 1460 g/mol. The Morgan fingerprint density at radius 3 is 1.84 bits per heavy atom. The lowest BCUT2D eigenvalue weighted by atomic mass is 9.78. The molecule has 3 unspecified atom stereocenters. The number of fused-ring (bicyclic) bond motifs is 1. The highest BCUT2D eigenvalue weighted by molar-refractivity contribution is 6.21. The lowest BCUT2D eigenvalue weighted by molar-refractivity contribution is -0.182. The zero-order valence-corrected chi connectivity index (χ0v) is 63.3. The third-order valence-electron chi connectivity index (χ3n) is 22.9. The lowest BCUT2D eigenvalue weighted by Gasteiger charge is -2.42. The van der Waals surface area contributed by atoms with Crippen LogP contribution in [0.5, 0.6) is 0 Å². The topological polar surface area (TPSA) is 297 Å². The Bertz CT molecular complexity index is 2980. The van der Waals surface area contributed by atoms with Crippen molar-refractivity contribution in [1.29, 1.82) is 0 Å². The number of carbonyl (C=O) groups is 12. The number of nitrogens with one attached hydrogen (secondary N) is 5. The van der Waals surface area contributed by atoms with Crippen molar-refractivity contribution >= 4 is 82.5 Å². The molecule has 576 valence electrons. The molecule has 27 nitrogen and oxygen atoms in total. The second-order valence-corrected chi connectivity index (χ2v) is 31.7. The molecule has 0 bridgehead atoms. The van der Waals surface area contributed by atoms with Crippen LogP contribution in [0.25, 0.3) is 0 Å². The minimum absolute atomic E-state index is 0.0189. The fourth-order valence-corrected chi connectivity index (χ4v) is 16.8. The number of nitrogens with zero attached hydrogens (tertiary/aromatic N) is 10. The zero-order chi connectivity index (χ0) is 75.4. The van der Waals surface area contributed by atoms with Crippen LogP contribution in [0.15, 0.2) is 0 Å². The third-order valence-corrected chi connectivity index (χ3v) is 23.4. The van der Waals surface area contributed by atoms with Crippen LogP contribution in [0.2, 0.25) is 0 Å². The zero-order valence-electron chi connectivity index (χ0n) is 62.5. The summed E-state index contributed by atoms with van der Waals surface area (Å²) in [6, 6.07) is -9.38. The SMILES string of the molecule is CC[C@H](C)[C@@H]1NC(=O)[C@H](CC(C)C)N(C)C(=O)C[C@@H](C(=O)N2CCCCC2)N(C)C(=O)[C@H](C(C)C)N(C)C(=O)C2(CCCC2)NC(=O)[C@@H]2C[C@@H](N3CCNN3)CN2C(=O)[C@H](CCC2CCC(C(F)(F)F)C(Cl)C2)NC(=O)CN(C)C(=O)[C@H](CC2CCCC2)N(C)C(=O)CN(C)C(=O)CN(C)C1=O. The molecule has 5 N–H and O–H groups in total. The smallest absolute Gasteiger partial charge is 0.343 e. The van der Waals surface area contributed by atoms with Crippen LogP contribution in [0, 0.1) is 35.5 Å². The number of halogens is 4. The number of hydrogen-bond acceptors (Lipinski definition) is 15. The summed E-state index contributed by atoms with van der Waals surface area (Å²) in [5, 5.41) is 9.46. The second-order valence-electron chi connectivity index (χ2n) is 31.2. The molecule has 4 aliphatic heterocycles. The summed E-state index contributed by atoms with van der Waals surface area (Å²) >= 11 is 6.44. The number of alkyl halides is 4. The number of hydrogen-bond donors (Lipinski definition) is 5. The Morgan fingerprint density at radius 1 is 0.627 bits per heavy atom. The summed E-state index contributed by atoms with van der Waals surface area (Å²) in [5.74, 6) is -11.2. The predicted octanol–water partition coefficient (Wildman–Crippen LogP) is 3.47. The van der Waals surface area contributed by atoms with E-state index >= 15 is 24.0 Å². The molecule has 12 atom stereocenters. The van der Waals surface area contributed by atoms with E-state index in [1.165, 1.54) is 73.8 Å². The van der Waals surface area contributed by atoms with Crippen LogP contribution in [0.4, 0.5) is 13.2 Å². The highest BCUT2D eigenvalue weighted by Crippen LogP contribution is 2.44. The third kappa shape index (κ3) is 20.6. The maximum atomic E-state index is 15.7. The van der Waals surface area contributed by atoms with Crippen molar-refractivity contribution in [3.63, 3.8) is 0 Å². The molecule has 3 aliphatic carbocycles. The van der Waals surface area contributed by atoms with E-state index in [4.69, 9.17) is 11.6 Å². The quantitative estimate of drug-likeness (QED) is 0.175. The molecular formula is C71H117ClF3N15O12. The molecule has 12 amide bonds. The fourth-order valence-electron chi connectivity index (χ4n) is 16.3. The van der Waals surface area contributed by atoms with Crippen LogP contribution in [-0.2, 0) is 57.5 Å². The highest BCUT2D eigenvalue weighted by atomic mass is 35.5. The minimum atomic E-state index is -4.52. The molecule has 4 heterocycles. The van der Waals surface area contributed by atoms with Gasteiger partial charge in [-0.25, -0.2) is 10.4 Å². The number of likely N-dealkylation sites (tertiary alicyclic amines) is 1. The standard InChI is InChI=1S/C71H117ClF3N15O12/c1-14-45(6)60-67(100)83(9)41-58(93)81(7)42-59(94)85(11)54(36-46-22-16-17-23-46)65(98)82(8)40-56(91)77-51(27-25-47-24-26-49(50(72)35-47)71(73,74)75)64(97)89-39-48(90-33-30-76-80-90)37-53(89)63(96)79-70(28-18-19-29-70)69(102)87(13)61(44(4)5)68(101)86(12)55(66(99)88-31-20-15-21-32-88)38-57(92)84(10)52(34-43(2)3)62(95)78-60/h43-55,60-61,76,80H,14-42H2,1-13H3,(H,77,91)(H,78,95)(H,79,96)/t45-,47?,48+,49?,50?,51-,52-,53-,54-,55-,60-,61-/m0/s1. The Hall–Kier alpha value is -6.40. The van der Waals surface area contributed by atoms with E-state index in [1.54, 1.807) is 25.7 Å². The Balaban J connectivity index is 1.29. The van der Waals surface area contributed by atoms with E-state index in [1.807, 2.05) is 25.8 Å². The van der Waals surface area contributed by atoms with Gasteiger partial charge in [0.05, 0.1) is 32.0 Å². The molecule has 0 radical (unpaired) electrons. The molecule has 0 aromatic rings. The van der Waals surface area contributed by atoms with Gasteiger partial charge in [0.2, 0.25) is 70.9 Å². The molecule has 7 fully saturated rings. The molecule has 31 heteroatoms. The van der Waals surface area contributed by atoms with Crippen LogP contribution in [0.1, 0.15) is 176 Å². The number of hydrazine groups is 2. The molecule has 0 aromatic carbocycles. The minimum Gasteiger partial charge on any atom is -0.343 e. The first-order chi connectivity index (χ1) is 48.0. The van der Waals surface area contributed by atoms with Crippen molar-refractivity contribution in [1.82, 2.24) is 76.0 Å². The van der Waals surface area contributed by atoms with Crippen molar-refractivity contribution in [2.45, 2.75) is 242 Å². The molecule has 7 aliphatic rings. The Labute approximate surface area is 605 Å². The second kappa shape index (κ2) is 36.5. The predicted molar refractivity (Wildman–Crippen MR) is 375 cm³/mol. The molecule has 4 saturated heterocycles. The number of amides is 12. The highest BCUT2D eigenvalue weighted by Gasteiger charge is 2.53. The lowest BCUT2D eigenvalue weighted by Crippen LogP contribution is -2.65. The fraction of sp³-hybridized carbons (Fsp3) is 0.831. The maximum Gasteiger partial charge on any atom is 0.393 e. The van der Waals surface area contributed by atoms with Gasteiger partial charge in [-0.1, -0.05) is 86.5 Å². The summed E-state index contributed by atoms with van der Waals surface area (Å²) < 4.78 is 42.3. The summed E-state index contributed by atoms with van der Waals surface area (Å²) in [6.07, 6.45) is 2.49. The number of carbonyl (C=O) groups excluding carboxylic acids is 12. The first-order valence-electron chi connectivity index (χ1n) is 37.3. The van der Waals surface area contributed by atoms with Crippen molar-refractivity contribution < 1.29 is 70.7 Å². The first kappa shape index (κ1) is 82.9. The van der Waals surface area contributed by atoms with Gasteiger partial charge in [-0.15, -0.1) is 11.6 Å². The Kier molecular flexibility index (Phi) is 29.7. The number of rotatable bonds is 12. The van der Waals surface area contributed by atoms with Crippen molar-refractivity contribution in [2.75, 3.05) is 102 Å². The van der Waals surface area contributed by atoms with Gasteiger partial charge in [0.25, 0.3) is 0 Å². The van der Waals surface area contributed by atoms with Gasteiger partial charge in [0.1, 0.15) is 47.8 Å². The number of likely N-dealkylation sites (N-methyl/N-ethyl adjacent to an activating group) is 7. The van der Waals surface area contributed by atoms with Crippen LogP contribution >= 0.6 is 11.6 Å². The van der Waals surface area contributed by atoms with E-state index in [0.717, 1.165) is 46.8 Å². The van der Waals surface area contributed by atoms with E-state index < -0.39 is 180 Å².